The number of hydrogen-bond donors (Lipinski definition) is 1. The molecule has 0 radical (unpaired) electrons. The first-order chi connectivity index (χ1) is 12.6. The lowest BCUT2D eigenvalue weighted by Crippen LogP contribution is -2.27. The first-order valence-electron chi connectivity index (χ1n) is 8.94. The maximum Gasteiger partial charge on any atom is 0.338 e. The van der Waals surface area contributed by atoms with E-state index in [0.717, 1.165) is 30.2 Å². The third kappa shape index (κ3) is 6.28. The smallest absolute Gasteiger partial charge is 0.338 e. The van der Waals surface area contributed by atoms with Crippen molar-refractivity contribution in [1.82, 2.24) is 4.90 Å². The molecule has 0 aliphatic heterocycles. The molecule has 0 amide bonds. The van der Waals surface area contributed by atoms with E-state index < -0.39 is 0 Å². The van der Waals surface area contributed by atoms with Crippen LogP contribution in [0.4, 0.5) is 5.69 Å². The van der Waals surface area contributed by atoms with Crippen LogP contribution in [0.15, 0.2) is 41.8 Å². The van der Waals surface area contributed by atoms with Crippen molar-refractivity contribution in [1.29, 1.82) is 0 Å². The highest BCUT2D eigenvalue weighted by molar-refractivity contribution is 7.12. The Labute approximate surface area is 159 Å². The molecule has 0 saturated carbocycles. The monoisotopic (exact) mass is 374 g/mol. The molecular formula is C20H26N2O3S. The Kier molecular flexibility index (Phi) is 8.31. The van der Waals surface area contributed by atoms with Crippen molar-refractivity contribution < 1.29 is 14.3 Å². The third-order valence-electron chi connectivity index (χ3n) is 4.13. The molecule has 0 aliphatic rings. The minimum absolute atomic E-state index is 0.140. The number of Topliss-reactive ketones (excluding diaryl/α,β-unsaturated/α-hetero) is 1. The molecule has 0 saturated heterocycles. The average Bonchev–Trinajstić information content (AvgIpc) is 3.20. The fourth-order valence-electron chi connectivity index (χ4n) is 2.50. The van der Waals surface area contributed by atoms with E-state index in [4.69, 9.17) is 4.74 Å². The standard InChI is InChI=1S/C20H26N2O3S/c1-3-22(4-2)13-14-25-20(24)16-7-9-17(10-8-16)21-12-11-18(23)19-6-5-15-26-19/h5-10,15,21H,3-4,11-14H2,1-2H3. The van der Waals surface area contributed by atoms with Crippen molar-refractivity contribution in [2.24, 2.45) is 0 Å². The van der Waals surface area contributed by atoms with E-state index >= 15 is 0 Å². The van der Waals surface area contributed by atoms with Crippen LogP contribution in [0, 0.1) is 0 Å². The number of likely N-dealkylation sites (N-methyl/N-ethyl adjacent to an activating group) is 1. The van der Waals surface area contributed by atoms with Gasteiger partial charge in [0.15, 0.2) is 5.78 Å². The van der Waals surface area contributed by atoms with Crippen LogP contribution in [0.1, 0.15) is 40.3 Å². The van der Waals surface area contributed by atoms with Crippen molar-refractivity contribution in [3.63, 3.8) is 0 Å². The molecule has 5 nitrogen and oxygen atoms in total. The zero-order valence-electron chi connectivity index (χ0n) is 15.4. The molecule has 0 spiro atoms. The van der Waals surface area contributed by atoms with Crippen LogP contribution in [-0.4, -0.2) is 49.4 Å². The summed E-state index contributed by atoms with van der Waals surface area (Å²) < 4.78 is 5.31. The summed E-state index contributed by atoms with van der Waals surface area (Å²) in [5.41, 5.74) is 1.41. The number of benzene rings is 1. The molecule has 0 aliphatic carbocycles. The molecule has 6 heteroatoms. The maximum absolute atomic E-state index is 12.0. The Morgan fingerprint density at radius 1 is 1.12 bits per heavy atom. The maximum atomic E-state index is 12.0. The van der Waals surface area contributed by atoms with Crippen LogP contribution in [0.25, 0.3) is 0 Å². The van der Waals surface area contributed by atoms with Gasteiger partial charge in [-0.2, -0.15) is 0 Å². The van der Waals surface area contributed by atoms with Crippen molar-refractivity contribution >= 4 is 28.8 Å². The molecule has 1 heterocycles. The fraction of sp³-hybridized carbons (Fsp3) is 0.400. The second-order valence-corrected chi connectivity index (χ2v) is 6.77. The van der Waals surface area contributed by atoms with Gasteiger partial charge in [-0.05, 0) is 48.8 Å². The minimum atomic E-state index is -0.309. The van der Waals surface area contributed by atoms with Gasteiger partial charge in [0, 0.05) is 25.2 Å². The minimum Gasteiger partial charge on any atom is -0.461 e. The molecule has 140 valence electrons. The van der Waals surface area contributed by atoms with Gasteiger partial charge in [0.1, 0.15) is 6.61 Å². The molecule has 1 aromatic carbocycles. The lowest BCUT2D eigenvalue weighted by Gasteiger charge is -2.17. The molecule has 0 bridgehead atoms. The zero-order valence-corrected chi connectivity index (χ0v) is 16.2. The Morgan fingerprint density at radius 3 is 2.46 bits per heavy atom. The number of ether oxygens (including phenoxy) is 1. The van der Waals surface area contributed by atoms with Crippen LogP contribution in [-0.2, 0) is 4.74 Å². The zero-order chi connectivity index (χ0) is 18.8. The lowest BCUT2D eigenvalue weighted by atomic mass is 10.2. The number of carbonyl (C=O) groups is 2. The van der Waals surface area contributed by atoms with Crippen LogP contribution in [0.3, 0.4) is 0 Å². The van der Waals surface area contributed by atoms with Gasteiger partial charge in [0.2, 0.25) is 0 Å². The quantitative estimate of drug-likeness (QED) is 0.477. The summed E-state index contributed by atoms with van der Waals surface area (Å²) >= 11 is 1.46. The second kappa shape index (κ2) is 10.7. The summed E-state index contributed by atoms with van der Waals surface area (Å²) in [4.78, 5) is 27.0. The number of carbonyl (C=O) groups excluding carboxylic acids is 2. The van der Waals surface area contributed by atoms with Gasteiger partial charge in [0.05, 0.1) is 10.4 Å². The van der Waals surface area contributed by atoms with Gasteiger partial charge < -0.3 is 15.0 Å². The topological polar surface area (TPSA) is 58.6 Å². The van der Waals surface area contributed by atoms with Gasteiger partial charge in [-0.3, -0.25) is 4.79 Å². The van der Waals surface area contributed by atoms with Gasteiger partial charge in [-0.25, -0.2) is 4.79 Å². The van der Waals surface area contributed by atoms with E-state index in [9.17, 15) is 9.59 Å². The van der Waals surface area contributed by atoms with E-state index in [1.54, 1.807) is 12.1 Å². The molecule has 2 rings (SSSR count). The highest BCUT2D eigenvalue weighted by Crippen LogP contribution is 2.13. The molecular weight excluding hydrogens is 348 g/mol. The molecule has 0 unspecified atom stereocenters. The fourth-order valence-corrected chi connectivity index (χ4v) is 3.19. The van der Waals surface area contributed by atoms with Crippen molar-refractivity contribution in [3.8, 4) is 0 Å². The summed E-state index contributed by atoms with van der Waals surface area (Å²) in [6.45, 7) is 7.77. The van der Waals surface area contributed by atoms with Gasteiger partial charge in [-0.1, -0.05) is 19.9 Å². The second-order valence-electron chi connectivity index (χ2n) is 5.82. The van der Waals surface area contributed by atoms with Gasteiger partial charge >= 0.3 is 5.97 Å². The Bertz CT molecular complexity index is 680. The van der Waals surface area contributed by atoms with Crippen LogP contribution in [0.5, 0.6) is 0 Å². The van der Waals surface area contributed by atoms with Crippen molar-refractivity contribution in [2.75, 3.05) is 38.1 Å². The number of esters is 1. The Morgan fingerprint density at radius 2 is 1.85 bits per heavy atom. The molecule has 26 heavy (non-hydrogen) atoms. The van der Waals surface area contributed by atoms with E-state index in [2.05, 4.69) is 24.1 Å². The third-order valence-corrected chi connectivity index (χ3v) is 5.04. The summed E-state index contributed by atoms with van der Waals surface area (Å²) in [6, 6.07) is 10.9. The first kappa shape index (κ1) is 20.1. The highest BCUT2D eigenvalue weighted by Gasteiger charge is 2.09. The van der Waals surface area contributed by atoms with Crippen molar-refractivity contribution in [3.05, 3.63) is 52.2 Å². The Hall–Kier alpha value is -2.18. The highest BCUT2D eigenvalue weighted by atomic mass is 32.1. The van der Waals surface area contributed by atoms with E-state index in [1.165, 1.54) is 11.3 Å². The van der Waals surface area contributed by atoms with Crippen LogP contribution in [0.2, 0.25) is 0 Å². The number of ketones is 1. The predicted octanol–water partition coefficient (Wildman–Crippen LogP) is 3.93. The molecule has 2 aromatic rings. The van der Waals surface area contributed by atoms with Crippen LogP contribution < -0.4 is 5.32 Å². The van der Waals surface area contributed by atoms with Crippen LogP contribution >= 0.6 is 11.3 Å². The SMILES string of the molecule is CCN(CC)CCOC(=O)c1ccc(NCCC(=O)c2cccs2)cc1. The molecule has 0 fully saturated rings. The van der Waals surface area contributed by atoms with Gasteiger partial charge in [0.25, 0.3) is 0 Å². The molecule has 1 aromatic heterocycles. The number of hydrogen-bond acceptors (Lipinski definition) is 6. The molecule has 1 N–H and O–H groups in total. The number of nitrogens with zero attached hydrogens (tertiary/aromatic N) is 1. The number of rotatable bonds is 11. The predicted molar refractivity (Wildman–Crippen MR) is 106 cm³/mol. The lowest BCUT2D eigenvalue weighted by molar-refractivity contribution is 0.0466. The summed E-state index contributed by atoms with van der Waals surface area (Å²) in [7, 11) is 0. The van der Waals surface area contributed by atoms with Gasteiger partial charge in [-0.15, -0.1) is 11.3 Å². The number of thiophene rings is 1. The Balaban J connectivity index is 1.73. The summed E-state index contributed by atoms with van der Waals surface area (Å²) in [6.07, 6.45) is 0.440. The van der Waals surface area contributed by atoms with E-state index in [1.807, 2.05) is 29.6 Å². The van der Waals surface area contributed by atoms with E-state index in [-0.39, 0.29) is 11.8 Å². The largest absolute Gasteiger partial charge is 0.461 e. The van der Waals surface area contributed by atoms with Crippen molar-refractivity contribution in [2.45, 2.75) is 20.3 Å². The summed E-state index contributed by atoms with van der Waals surface area (Å²) in [5, 5.41) is 5.11. The first-order valence-corrected chi connectivity index (χ1v) is 9.82. The number of anilines is 1. The number of nitrogens with one attached hydrogen (secondary N) is 1. The molecule has 0 atom stereocenters. The summed E-state index contributed by atoms with van der Waals surface area (Å²) in [5.74, 6) is -0.169. The average molecular weight is 375 g/mol. The van der Waals surface area contributed by atoms with E-state index in [0.29, 0.717) is 25.1 Å². The normalized spacial score (nSPS) is 10.7.